The number of nitrogens with zero attached hydrogens (tertiary/aromatic N) is 3. The van der Waals surface area contributed by atoms with Gasteiger partial charge in [-0.15, -0.1) is 0 Å². The highest BCUT2D eigenvalue weighted by atomic mass is 35.5. The number of piperidine rings is 1. The first kappa shape index (κ1) is 12.6. The van der Waals surface area contributed by atoms with Crippen LogP contribution in [0.4, 0.5) is 5.69 Å². The van der Waals surface area contributed by atoms with Gasteiger partial charge in [-0.25, -0.2) is 9.97 Å². The van der Waals surface area contributed by atoms with E-state index < -0.39 is 0 Å². The van der Waals surface area contributed by atoms with Gasteiger partial charge in [0.05, 0.1) is 0 Å². The second kappa shape index (κ2) is 5.31. The Kier molecular flexibility index (Phi) is 3.53. The van der Waals surface area contributed by atoms with E-state index in [4.69, 9.17) is 11.6 Å². The van der Waals surface area contributed by atoms with Crippen molar-refractivity contribution in [1.29, 1.82) is 0 Å². The number of pyridine rings is 2. The van der Waals surface area contributed by atoms with Crippen molar-refractivity contribution in [3.05, 3.63) is 29.5 Å². The number of anilines is 1. The number of rotatable bonds is 2. The normalized spacial score (nSPS) is 17.8. The molecule has 0 bridgehead atoms. The molecule has 100 valence electrons. The first-order chi connectivity index (χ1) is 9.22. The number of halogens is 1. The maximum absolute atomic E-state index is 6.07. The SMILES string of the molecule is CN1CCC(Nc2cc(Cl)nc3ncccc23)CC1. The third kappa shape index (κ3) is 2.80. The Labute approximate surface area is 117 Å². The maximum atomic E-state index is 6.07. The Bertz CT molecular complexity index is 579. The summed E-state index contributed by atoms with van der Waals surface area (Å²) < 4.78 is 0. The summed E-state index contributed by atoms with van der Waals surface area (Å²) in [5.41, 5.74) is 1.74. The number of hydrogen-bond acceptors (Lipinski definition) is 4. The summed E-state index contributed by atoms with van der Waals surface area (Å²) in [7, 11) is 2.17. The van der Waals surface area contributed by atoms with Gasteiger partial charge in [-0.1, -0.05) is 11.6 Å². The standard InChI is InChI=1S/C14H17ClN4/c1-19-7-4-10(5-8-19)17-12-9-13(15)18-14-11(12)3-2-6-16-14/h2-3,6,9-10H,4-5,7-8H2,1H3,(H,16,17,18). The van der Waals surface area contributed by atoms with Crippen LogP contribution in [0.5, 0.6) is 0 Å². The fourth-order valence-corrected chi connectivity index (χ4v) is 2.71. The molecule has 2 aromatic heterocycles. The van der Waals surface area contributed by atoms with Crippen LogP contribution in [0.15, 0.2) is 24.4 Å². The van der Waals surface area contributed by atoms with Crippen LogP contribution in [0.25, 0.3) is 11.0 Å². The van der Waals surface area contributed by atoms with E-state index in [1.54, 1.807) is 6.20 Å². The van der Waals surface area contributed by atoms with Gasteiger partial charge < -0.3 is 10.2 Å². The highest BCUT2D eigenvalue weighted by Gasteiger charge is 2.17. The molecule has 0 unspecified atom stereocenters. The third-order valence-electron chi connectivity index (χ3n) is 3.63. The van der Waals surface area contributed by atoms with Crippen molar-refractivity contribution in [3.63, 3.8) is 0 Å². The van der Waals surface area contributed by atoms with Crippen molar-refractivity contribution in [1.82, 2.24) is 14.9 Å². The zero-order chi connectivity index (χ0) is 13.2. The summed E-state index contributed by atoms with van der Waals surface area (Å²) in [6.07, 6.45) is 4.04. The Morgan fingerprint density at radius 2 is 2.16 bits per heavy atom. The molecule has 1 fully saturated rings. The zero-order valence-electron chi connectivity index (χ0n) is 10.9. The maximum Gasteiger partial charge on any atom is 0.162 e. The van der Waals surface area contributed by atoms with Crippen LogP contribution < -0.4 is 5.32 Å². The van der Waals surface area contributed by atoms with Crippen molar-refractivity contribution in [3.8, 4) is 0 Å². The van der Waals surface area contributed by atoms with Crippen molar-refractivity contribution in [2.24, 2.45) is 0 Å². The van der Waals surface area contributed by atoms with Gasteiger partial charge >= 0.3 is 0 Å². The van der Waals surface area contributed by atoms with Crippen LogP contribution in [-0.4, -0.2) is 41.0 Å². The van der Waals surface area contributed by atoms with Crippen molar-refractivity contribution < 1.29 is 0 Å². The van der Waals surface area contributed by atoms with E-state index in [1.807, 2.05) is 18.2 Å². The molecule has 2 aromatic rings. The lowest BCUT2D eigenvalue weighted by Crippen LogP contribution is -2.36. The summed E-state index contributed by atoms with van der Waals surface area (Å²) in [5, 5.41) is 5.11. The average molecular weight is 277 g/mol. The number of aromatic nitrogens is 2. The van der Waals surface area contributed by atoms with Crippen LogP contribution in [0.3, 0.4) is 0 Å². The highest BCUT2D eigenvalue weighted by Crippen LogP contribution is 2.26. The minimum absolute atomic E-state index is 0.488. The van der Waals surface area contributed by atoms with E-state index in [0.29, 0.717) is 16.8 Å². The van der Waals surface area contributed by atoms with E-state index in [2.05, 4.69) is 27.2 Å². The topological polar surface area (TPSA) is 41.0 Å². The second-order valence-corrected chi connectivity index (χ2v) is 5.48. The van der Waals surface area contributed by atoms with E-state index >= 15 is 0 Å². The smallest absolute Gasteiger partial charge is 0.162 e. The quantitative estimate of drug-likeness (QED) is 0.857. The molecule has 0 radical (unpaired) electrons. The van der Waals surface area contributed by atoms with E-state index in [-0.39, 0.29) is 0 Å². The molecule has 0 atom stereocenters. The summed E-state index contributed by atoms with van der Waals surface area (Å²) in [6, 6.07) is 6.35. The Morgan fingerprint density at radius 3 is 2.95 bits per heavy atom. The molecule has 3 rings (SSSR count). The van der Waals surface area contributed by atoms with E-state index in [9.17, 15) is 0 Å². The monoisotopic (exact) mass is 276 g/mol. The lowest BCUT2D eigenvalue weighted by Gasteiger charge is -2.30. The first-order valence-electron chi connectivity index (χ1n) is 6.59. The van der Waals surface area contributed by atoms with Gasteiger partial charge in [0, 0.05) is 23.3 Å². The molecule has 19 heavy (non-hydrogen) atoms. The molecule has 1 saturated heterocycles. The predicted octanol–water partition coefficient (Wildman–Crippen LogP) is 2.79. The van der Waals surface area contributed by atoms with E-state index in [1.165, 1.54) is 0 Å². The lowest BCUT2D eigenvalue weighted by molar-refractivity contribution is 0.264. The highest BCUT2D eigenvalue weighted by molar-refractivity contribution is 6.30. The minimum Gasteiger partial charge on any atom is -0.382 e. The summed E-state index contributed by atoms with van der Waals surface area (Å²) >= 11 is 6.07. The van der Waals surface area contributed by atoms with Gasteiger partial charge in [-0.3, -0.25) is 0 Å². The Balaban J connectivity index is 1.88. The molecular formula is C14H17ClN4. The Morgan fingerprint density at radius 1 is 1.37 bits per heavy atom. The van der Waals surface area contributed by atoms with Crippen molar-refractivity contribution in [2.45, 2.75) is 18.9 Å². The summed E-state index contributed by atoms with van der Waals surface area (Å²) in [4.78, 5) is 10.9. The van der Waals surface area contributed by atoms with Crippen LogP contribution in [0, 0.1) is 0 Å². The molecular weight excluding hydrogens is 260 g/mol. The molecule has 5 heteroatoms. The molecule has 1 N–H and O–H groups in total. The largest absolute Gasteiger partial charge is 0.382 e. The van der Waals surface area contributed by atoms with Gasteiger partial charge in [0.25, 0.3) is 0 Å². The van der Waals surface area contributed by atoms with Gasteiger partial charge in [0.15, 0.2) is 5.65 Å². The van der Waals surface area contributed by atoms with E-state index in [0.717, 1.165) is 37.0 Å². The summed E-state index contributed by atoms with van der Waals surface area (Å²) in [5.74, 6) is 0. The molecule has 0 aliphatic carbocycles. The third-order valence-corrected chi connectivity index (χ3v) is 3.82. The van der Waals surface area contributed by atoms with Crippen molar-refractivity contribution >= 4 is 28.3 Å². The van der Waals surface area contributed by atoms with Gasteiger partial charge in [0.2, 0.25) is 0 Å². The molecule has 4 nitrogen and oxygen atoms in total. The van der Waals surface area contributed by atoms with Gasteiger partial charge in [0.1, 0.15) is 5.15 Å². The zero-order valence-corrected chi connectivity index (χ0v) is 11.7. The van der Waals surface area contributed by atoms with Gasteiger partial charge in [-0.2, -0.15) is 0 Å². The predicted molar refractivity (Wildman–Crippen MR) is 78.7 cm³/mol. The van der Waals surface area contributed by atoms with Crippen LogP contribution in [0.2, 0.25) is 5.15 Å². The fourth-order valence-electron chi connectivity index (χ4n) is 2.52. The van der Waals surface area contributed by atoms with Crippen molar-refractivity contribution in [2.75, 3.05) is 25.5 Å². The lowest BCUT2D eigenvalue weighted by atomic mass is 10.0. The summed E-state index contributed by atoms with van der Waals surface area (Å²) in [6.45, 7) is 2.26. The van der Waals surface area contributed by atoms with Gasteiger partial charge in [-0.05, 0) is 51.2 Å². The molecule has 0 aromatic carbocycles. The molecule has 0 saturated carbocycles. The number of fused-ring (bicyclic) bond motifs is 1. The second-order valence-electron chi connectivity index (χ2n) is 5.09. The van der Waals surface area contributed by atoms with Crippen LogP contribution in [-0.2, 0) is 0 Å². The van der Waals surface area contributed by atoms with Crippen LogP contribution in [0.1, 0.15) is 12.8 Å². The number of hydrogen-bond donors (Lipinski definition) is 1. The minimum atomic E-state index is 0.488. The molecule has 3 heterocycles. The average Bonchev–Trinajstić information content (AvgIpc) is 2.41. The molecule has 0 spiro atoms. The first-order valence-corrected chi connectivity index (χ1v) is 6.96. The molecule has 0 amide bonds. The number of likely N-dealkylation sites (tertiary alicyclic amines) is 1. The molecule has 1 aliphatic rings. The molecule has 1 aliphatic heterocycles. The number of nitrogens with one attached hydrogen (secondary N) is 1. The Hall–Kier alpha value is -1.39. The fraction of sp³-hybridized carbons (Fsp3) is 0.429. The van der Waals surface area contributed by atoms with Crippen LogP contribution >= 0.6 is 11.6 Å².